The minimum Gasteiger partial charge on any atom is -0.459 e. The number of benzene rings is 1. The fraction of sp³-hybridized carbons (Fsp3) is 0.529. The first-order valence-corrected chi connectivity index (χ1v) is 8.36. The fourth-order valence-corrected chi connectivity index (χ4v) is 2.97. The van der Waals surface area contributed by atoms with Crippen molar-refractivity contribution in [2.45, 2.75) is 51.0 Å². The van der Waals surface area contributed by atoms with Gasteiger partial charge in [-0.05, 0) is 26.7 Å². The van der Waals surface area contributed by atoms with Crippen molar-refractivity contribution in [2.24, 2.45) is 7.05 Å². The molecule has 0 saturated carbocycles. The summed E-state index contributed by atoms with van der Waals surface area (Å²) < 4.78 is 7.33. The summed E-state index contributed by atoms with van der Waals surface area (Å²) in [6, 6.07) is 5.96. The van der Waals surface area contributed by atoms with Crippen LogP contribution in [-0.4, -0.2) is 21.4 Å². The average Bonchev–Trinajstić information content (AvgIpc) is 2.74. The van der Waals surface area contributed by atoms with Crippen LogP contribution in [0.3, 0.4) is 0 Å². The molecule has 0 aliphatic rings. The van der Waals surface area contributed by atoms with Gasteiger partial charge in [0, 0.05) is 18.0 Å². The van der Waals surface area contributed by atoms with Crippen molar-refractivity contribution < 1.29 is 9.53 Å². The van der Waals surface area contributed by atoms with E-state index in [1.165, 1.54) is 0 Å². The number of para-hydroxylation sites is 1. The van der Waals surface area contributed by atoms with Gasteiger partial charge in [-0.2, -0.15) is 5.10 Å². The molecular weight excluding hydrogens is 344 g/mol. The monoisotopic (exact) mass is 366 g/mol. The molecule has 0 fully saturated rings. The Bertz CT molecular complexity index is 698. The molecule has 120 valence electrons. The second-order valence-corrected chi connectivity index (χ2v) is 7.72. The maximum absolute atomic E-state index is 12.4. The Kier molecular flexibility index (Phi) is 4.66. The lowest BCUT2D eigenvalue weighted by atomic mass is 10.0. The molecule has 22 heavy (non-hydrogen) atoms. The molecule has 2 rings (SSSR count). The van der Waals surface area contributed by atoms with Gasteiger partial charge in [-0.1, -0.05) is 48.0 Å². The number of aromatic nitrogens is 2. The van der Waals surface area contributed by atoms with E-state index in [2.05, 4.69) is 40.9 Å². The van der Waals surface area contributed by atoms with Gasteiger partial charge in [0.1, 0.15) is 10.4 Å². The lowest BCUT2D eigenvalue weighted by Crippen LogP contribution is -2.26. The van der Waals surface area contributed by atoms with Crippen molar-refractivity contribution in [2.75, 3.05) is 0 Å². The number of hydrogen-bond acceptors (Lipinski definition) is 3. The van der Waals surface area contributed by atoms with Gasteiger partial charge in [0.2, 0.25) is 0 Å². The maximum Gasteiger partial charge on any atom is 0.324 e. The van der Waals surface area contributed by atoms with Gasteiger partial charge in [-0.25, -0.2) is 0 Å². The largest absolute Gasteiger partial charge is 0.459 e. The van der Waals surface area contributed by atoms with Crippen LogP contribution in [0.5, 0.6) is 0 Å². The van der Waals surface area contributed by atoms with E-state index in [-0.39, 0.29) is 5.97 Å². The summed E-state index contributed by atoms with van der Waals surface area (Å²) in [6.07, 6.45) is 0. The van der Waals surface area contributed by atoms with Gasteiger partial charge in [0.15, 0.2) is 0 Å². The highest BCUT2D eigenvalue weighted by molar-refractivity contribution is 9.09. The number of carbonyl (C=O) groups is 1. The lowest BCUT2D eigenvalue weighted by Gasteiger charge is -2.22. The molecule has 0 amide bonds. The minimum absolute atomic E-state index is 0.285. The van der Waals surface area contributed by atoms with Gasteiger partial charge in [0.25, 0.3) is 0 Å². The summed E-state index contributed by atoms with van der Waals surface area (Å²) >= 11 is 3.49. The lowest BCUT2D eigenvalue weighted by molar-refractivity contribution is -0.154. The zero-order valence-electron chi connectivity index (χ0n) is 14.0. The van der Waals surface area contributed by atoms with Gasteiger partial charge < -0.3 is 4.74 Å². The van der Waals surface area contributed by atoms with Crippen molar-refractivity contribution in [3.05, 3.63) is 29.5 Å². The van der Waals surface area contributed by atoms with Gasteiger partial charge in [-0.15, -0.1) is 0 Å². The molecule has 0 radical (unpaired) electrons. The summed E-state index contributed by atoms with van der Waals surface area (Å²) in [5.74, 6) is 0.0431. The second kappa shape index (κ2) is 6.03. The number of fused-ring (bicyclic) bond motifs is 1. The normalized spacial score (nSPS) is 13.6. The molecule has 0 aliphatic heterocycles. The highest BCUT2D eigenvalue weighted by atomic mass is 79.9. The van der Waals surface area contributed by atoms with E-state index in [0.717, 1.165) is 22.2 Å². The predicted octanol–water partition coefficient (Wildman–Crippen LogP) is 4.47. The molecule has 0 aliphatic carbocycles. The van der Waals surface area contributed by atoms with E-state index in [1.54, 1.807) is 0 Å². The summed E-state index contributed by atoms with van der Waals surface area (Å²) in [5.41, 5.74) is 2.39. The number of rotatable bonds is 3. The van der Waals surface area contributed by atoms with Crippen LogP contribution in [0.15, 0.2) is 18.2 Å². The molecule has 0 N–H and O–H groups in total. The third kappa shape index (κ3) is 3.35. The third-order valence-electron chi connectivity index (χ3n) is 3.36. The molecule has 1 heterocycles. The molecule has 0 saturated heterocycles. The molecule has 0 bridgehead atoms. The number of hydrogen-bond donors (Lipinski definition) is 0. The first-order chi connectivity index (χ1) is 10.1. The van der Waals surface area contributed by atoms with E-state index in [4.69, 9.17) is 4.74 Å². The molecule has 1 aromatic carbocycles. The van der Waals surface area contributed by atoms with Crippen LogP contribution in [0.1, 0.15) is 56.6 Å². The fourth-order valence-electron chi connectivity index (χ4n) is 2.51. The molecule has 4 nitrogen and oxygen atoms in total. The van der Waals surface area contributed by atoms with Crippen LogP contribution in [0.4, 0.5) is 0 Å². The van der Waals surface area contributed by atoms with Crippen molar-refractivity contribution in [1.29, 1.82) is 0 Å². The Hall–Kier alpha value is -1.36. The smallest absolute Gasteiger partial charge is 0.324 e. The van der Waals surface area contributed by atoms with E-state index in [1.807, 2.05) is 44.6 Å². The Labute approximate surface area is 140 Å². The van der Waals surface area contributed by atoms with Crippen molar-refractivity contribution >= 4 is 32.8 Å². The van der Waals surface area contributed by atoms with E-state index < -0.39 is 10.4 Å². The van der Waals surface area contributed by atoms with Crippen molar-refractivity contribution in [1.82, 2.24) is 9.78 Å². The maximum atomic E-state index is 12.4. The Balaban J connectivity index is 2.50. The second-order valence-electron chi connectivity index (χ2n) is 6.80. The summed E-state index contributed by atoms with van der Waals surface area (Å²) in [6.45, 7) is 9.84. The van der Waals surface area contributed by atoms with Gasteiger partial charge >= 0.3 is 5.97 Å². The van der Waals surface area contributed by atoms with E-state index in [9.17, 15) is 4.79 Å². The number of esters is 1. The third-order valence-corrected chi connectivity index (χ3v) is 4.23. The average molecular weight is 367 g/mol. The van der Waals surface area contributed by atoms with Crippen LogP contribution in [-0.2, 0) is 16.6 Å². The van der Waals surface area contributed by atoms with Gasteiger partial charge in [-0.3, -0.25) is 9.48 Å². The molecule has 2 aromatic rings. The van der Waals surface area contributed by atoms with Crippen molar-refractivity contribution in [3.63, 3.8) is 0 Å². The van der Waals surface area contributed by atoms with Crippen LogP contribution in [0, 0.1) is 0 Å². The number of carbonyl (C=O) groups excluding carboxylic acids is 1. The number of nitrogens with zero attached hydrogens (tertiary/aromatic N) is 2. The van der Waals surface area contributed by atoms with Crippen LogP contribution < -0.4 is 0 Å². The molecule has 1 unspecified atom stereocenters. The number of halogens is 1. The van der Waals surface area contributed by atoms with Crippen LogP contribution >= 0.6 is 15.9 Å². The zero-order valence-corrected chi connectivity index (χ0v) is 15.6. The van der Waals surface area contributed by atoms with E-state index in [0.29, 0.717) is 5.92 Å². The zero-order chi connectivity index (χ0) is 16.7. The Morgan fingerprint density at radius 3 is 2.50 bits per heavy atom. The molecular formula is C17H23BrN2O2. The predicted molar refractivity (Wildman–Crippen MR) is 92.3 cm³/mol. The van der Waals surface area contributed by atoms with Gasteiger partial charge in [0.05, 0.1) is 11.2 Å². The first kappa shape index (κ1) is 17.0. The van der Waals surface area contributed by atoms with Crippen LogP contribution in [0.2, 0.25) is 0 Å². The van der Waals surface area contributed by atoms with E-state index >= 15 is 0 Å². The Morgan fingerprint density at radius 1 is 1.32 bits per heavy atom. The number of aryl methyl sites for hydroxylation is 1. The number of ether oxygens (including phenoxy) is 1. The molecule has 0 spiro atoms. The summed E-state index contributed by atoms with van der Waals surface area (Å²) in [5, 5.41) is 5.70. The summed E-state index contributed by atoms with van der Waals surface area (Å²) in [4.78, 5) is 11.8. The standard InChI is InChI=1S/C17H23BrN2O2/c1-10(2)14-12-9-7-8-11(15(12)20(6)19-14)13(18)16(21)22-17(3,4)5/h7-10,13H,1-6H3. The first-order valence-electron chi connectivity index (χ1n) is 7.44. The highest BCUT2D eigenvalue weighted by Gasteiger charge is 2.27. The Morgan fingerprint density at radius 2 is 1.95 bits per heavy atom. The number of alkyl halides is 1. The highest BCUT2D eigenvalue weighted by Crippen LogP contribution is 2.34. The van der Waals surface area contributed by atoms with Crippen LogP contribution in [0.25, 0.3) is 10.9 Å². The topological polar surface area (TPSA) is 44.1 Å². The molecule has 1 atom stereocenters. The molecule has 1 aromatic heterocycles. The SMILES string of the molecule is CC(C)c1nn(C)c2c(C(Br)C(=O)OC(C)(C)C)cccc12. The van der Waals surface area contributed by atoms with Crippen molar-refractivity contribution in [3.8, 4) is 0 Å². The summed E-state index contributed by atoms with van der Waals surface area (Å²) in [7, 11) is 1.91. The molecule has 5 heteroatoms. The quantitative estimate of drug-likeness (QED) is 0.594. The minimum atomic E-state index is -0.508.